The number of hydrogen-bond acceptors (Lipinski definition) is 4. The van der Waals surface area contributed by atoms with Gasteiger partial charge in [0.2, 0.25) is 0 Å². The first-order chi connectivity index (χ1) is 12.5. The summed E-state index contributed by atoms with van der Waals surface area (Å²) in [7, 11) is 0. The standard InChI is InChI=1S/C19H19FN4O2/c1-10-9-21-19(25)18-15-8-13(4-5-16(15)23-24-18)22-11(2)14-7-12(20)3-6-17(14)26-10/h3-8,10-11,22H,9H2,1-2H3,(H,21,25)(H,23,24)/t10-,11+/m0/s1. The zero-order chi connectivity index (χ0) is 18.3. The highest BCUT2D eigenvalue weighted by Crippen LogP contribution is 2.31. The lowest BCUT2D eigenvalue weighted by molar-refractivity contribution is 0.0928. The number of aromatic amines is 1. The third kappa shape index (κ3) is 2.96. The van der Waals surface area contributed by atoms with Crippen LogP contribution in [0.25, 0.3) is 10.9 Å². The summed E-state index contributed by atoms with van der Waals surface area (Å²) in [6.07, 6.45) is -0.284. The lowest BCUT2D eigenvalue weighted by atomic mass is 10.1. The van der Waals surface area contributed by atoms with E-state index in [1.165, 1.54) is 12.1 Å². The normalized spacial score (nSPS) is 20.2. The van der Waals surface area contributed by atoms with Crippen LogP contribution in [0.2, 0.25) is 0 Å². The number of anilines is 1. The van der Waals surface area contributed by atoms with E-state index in [4.69, 9.17) is 4.74 Å². The van der Waals surface area contributed by atoms with Gasteiger partial charge in [0, 0.05) is 16.6 Å². The maximum absolute atomic E-state index is 13.8. The first kappa shape index (κ1) is 16.4. The second kappa shape index (κ2) is 6.33. The van der Waals surface area contributed by atoms with Gasteiger partial charge < -0.3 is 15.4 Å². The second-order valence-electron chi connectivity index (χ2n) is 6.52. The van der Waals surface area contributed by atoms with Crippen molar-refractivity contribution in [2.24, 2.45) is 0 Å². The summed E-state index contributed by atoms with van der Waals surface area (Å²) in [5.74, 6) is 0.00112. The summed E-state index contributed by atoms with van der Waals surface area (Å²) in [5, 5.41) is 13.9. The number of carbonyl (C=O) groups is 1. The molecule has 1 amide bonds. The van der Waals surface area contributed by atoms with Crippen molar-refractivity contribution in [2.75, 3.05) is 11.9 Å². The number of ether oxygens (including phenoxy) is 1. The van der Waals surface area contributed by atoms with E-state index in [1.54, 1.807) is 6.07 Å². The molecule has 134 valence electrons. The van der Waals surface area contributed by atoms with E-state index in [1.807, 2.05) is 32.0 Å². The molecule has 3 N–H and O–H groups in total. The zero-order valence-corrected chi connectivity index (χ0v) is 14.5. The Morgan fingerprint density at radius 1 is 1.19 bits per heavy atom. The van der Waals surface area contributed by atoms with Crippen molar-refractivity contribution in [3.05, 3.63) is 53.5 Å². The van der Waals surface area contributed by atoms with Gasteiger partial charge in [0.25, 0.3) is 5.91 Å². The molecule has 1 aromatic heterocycles. The van der Waals surface area contributed by atoms with Crippen molar-refractivity contribution in [3.63, 3.8) is 0 Å². The van der Waals surface area contributed by atoms with Crippen molar-refractivity contribution < 1.29 is 13.9 Å². The average Bonchev–Trinajstić information content (AvgIpc) is 3.03. The molecule has 6 nitrogen and oxygen atoms in total. The maximum Gasteiger partial charge on any atom is 0.272 e. The third-order valence-electron chi connectivity index (χ3n) is 4.48. The number of nitrogens with one attached hydrogen (secondary N) is 3. The molecule has 3 aromatic rings. The molecule has 0 saturated carbocycles. The van der Waals surface area contributed by atoms with Crippen LogP contribution in [0.5, 0.6) is 5.75 Å². The molecule has 2 atom stereocenters. The molecule has 0 spiro atoms. The number of rotatable bonds is 0. The van der Waals surface area contributed by atoms with Gasteiger partial charge in [-0.3, -0.25) is 9.89 Å². The molecule has 0 aliphatic carbocycles. The summed E-state index contributed by atoms with van der Waals surface area (Å²) in [4.78, 5) is 12.5. The van der Waals surface area contributed by atoms with E-state index in [2.05, 4.69) is 20.8 Å². The Morgan fingerprint density at radius 3 is 2.88 bits per heavy atom. The predicted octanol–water partition coefficient (Wildman–Crippen LogP) is 3.39. The molecule has 26 heavy (non-hydrogen) atoms. The van der Waals surface area contributed by atoms with Crippen molar-refractivity contribution in [3.8, 4) is 5.75 Å². The smallest absolute Gasteiger partial charge is 0.272 e. The Bertz CT molecular complexity index is 985. The molecule has 2 bridgehead atoms. The van der Waals surface area contributed by atoms with Crippen LogP contribution in [-0.4, -0.2) is 28.8 Å². The number of halogens is 1. The highest BCUT2D eigenvalue weighted by molar-refractivity contribution is 6.05. The van der Waals surface area contributed by atoms with Gasteiger partial charge in [-0.2, -0.15) is 5.10 Å². The Morgan fingerprint density at radius 2 is 2.04 bits per heavy atom. The molecular weight excluding hydrogens is 335 g/mol. The van der Waals surface area contributed by atoms with Crippen LogP contribution in [0, 0.1) is 5.82 Å². The third-order valence-corrected chi connectivity index (χ3v) is 4.48. The van der Waals surface area contributed by atoms with Crippen LogP contribution in [0.4, 0.5) is 10.1 Å². The Balaban J connectivity index is 1.82. The Labute approximate surface area is 149 Å². The van der Waals surface area contributed by atoms with Gasteiger partial charge in [0.1, 0.15) is 17.7 Å². The van der Waals surface area contributed by atoms with Crippen molar-refractivity contribution >= 4 is 22.5 Å². The van der Waals surface area contributed by atoms with Gasteiger partial charge >= 0.3 is 0 Å². The number of amides is 1. The minimum atomic E-state index is -0.321. The first-order valence-electron chi connectivity index (χ1n) is 8.50. The minimum absolute atomic E-state index is 0.190. The van der Waals surface area contributed by atoms with Crippen LogP contribution < -0.4 is 15.4 Å². The topological polar surface area (TPSA) is 79.0 Å². The number of benzene rings is 2. The highest BCUT2D eigenvalue weighted by atomic mass is 19.1. The maximum atomic E-state index is 13.8. The molecule has 0 unspecified atom stereocenters. The molecule has 7 heteroatoms. The van der Waals surface area contributed by atoms with Gasteiger partial charge in [-0.05, 0) is 50.2 Å². The fourth-order valence-corrected chi connectivity index (χ4v) is 3.15. The number of hydrogen-bond donors (Lipinski definition) is 3. The molecular formula is C19H19FN4O2. The number of nitrogens with zero attached hydrogens (tertiary/aromatic N) is 1. The number of H-pyrrole nitrogens is 1. The summed E-state index contributed by atoms with van der Waals surface area (Å²) in [6, 6.07) is 9.89. The second-order valence-corrected chi connectivity index (χ2v) is 6.52. The largest absolute Gasteiger partial charge is 0.489 e. The monoisotopic (exact) mass is 354 g/mol. The number of aromatic nitrogens is 2. The average molecular weight is 354 g/mol. The summed E-state index contributed by atoms with van der Waals surface area (Å²) >= 11 is 0. The van der Waals surface area contributed by atoms with Gasteiger partial charge in [-0.1, -0.05) is 0 Å². The zero-order valence-electron chi connectivity index (χ0n) is 14.5. The highest BCUT2D eigenvalue weighted by Gasteiger charge is 2.20. The fourth-order valence-electron chi connectivity index (χ4n) is 3.15. The molecule has 0 fully saturated rings. The van der Waals surface area contributed by atoms with Crippen LogP contribution >= 0.6 is 0 Å². The molecule has 0 saturated heterocycles. The predicted molar refractivity (Wildman–Crippen MR) is 97.0 cm³/mol. The van der Waals surface area contributed by atoms with Gasteiger partial charge in [-0.15, -0.1) is 0 Å². The van der Waals surface area contributed by atoms with E-state index in [-0.39, 0.29) is 23.9 Å². The lowest BCUT2D eigenvalue weighted by Gasteiger charge is -2.22. The van der Waals surface area contributed by atoms with Gasteiger partial charge in [0.15, 0.2) is 5.69 Å². The van der Waals surface area contributed by atoms with Gasteiger partial charge in [-0.25, -0.2) is 4.39 Å². The lowest BCUT2D eigenvalue weighted by Crippen LogP contribution is -2.34. The molecule has 2 aromatic carbocycles. The molecule has 1 aliphatic rings. The van der Waals surface area contributed by atoms with Gasteiger partial charge in [0.05, 0.1) is 18.1 Å². The molecule has 1 aliphatic heterocycles. The first-order valence-corrected chi connectivity index (χ1v) is 8.50. The summed E-state index contributed by atoms with van der Waals surface area (Å²) < 4.78 is 19.8. The van der Waals surface area contributed by atoms with Crippen LogP contribution in [0.15, 0.2) is 36.4 Å². The summed E-state index contributed by atoms with van der Waals surface area (Å²) in [6.45, 7) is 4.10. The SMILES string of the molecule is C[C@H]1CNC(=O)c2n[nH]c3ccc(cc23)N[C@H](C)c2cc(F)ccc2O1. The van der Waals surface area contributed by atoms with E-state index in [0.717, 1.165) is 22.2 Å². The van der Waals surface area contributed by atoms with E-state index in [9.17, 15) is 9.18 Å². The van der Waals surface area contributed by atoms with E-state index in [0.29, 0.717) is 18.0 Å². The van der Waals surface area contributed by atoms with Crippen molar-refractivity contribution in [2.45, 2.75) is 26.0 Å². The van der Waals surface area contributed by atoms with Crippen LogP contribution in [0.1, 0.15) is 35.9 Å². The number of carbonyl (C=O) groups excluding carboxylic acids is 1. The van der Waals surface area contributed by atoms with E-state index >= 15 is 0 Å². The molecule has 4 rings (SSSR count). The van der Waals surface area contributed by atoms with Crippen LogP contribution in [-0.2, 0) is 0 Å². The molecule has 0 radical (unpaired) electrons. The quantitative estimate of drug-likeness (QED) is 0.578. The molecule has 2 heterocycles. The Kier molecular flexibility index (Phi) is 3.99. The number of fused-ring (bicyclic) bond motifs is 2. The summed E-state index contributed by atoms with van der Waals surface area (Å²) in [5.41, 5.74) is 2.64. The Hall–Kier alpha value is -3.09. The fraction of sp³-hybridized carbons (Fsp3) is 0.263. The van der Waals surface area contributed by atoms with Crippen molar-refractivity contribution in [1.82, 2.24) is 15.5 Å². The van der Waals surface area contributed by atoms with Crippen LogP contribution in [0.3, 0.4) is 0 Å². The van der Waals surface area contributed by atoms with E-state index < -0.39 is 0 Å². The van der Waals surface area contributed by atoms with Crippen molar-refractivity contribution in [1.29, 1.82) is 0 Å². The minimum Gasteiger partial charge on any atom is -0.489 e.